The first kappa shape index (κ1) is 20.3. The summed E-state index contributed by atoms with van der Waals surface area (Å²) in [6, 6.07) is 5.80. The molecule has 28 heavy (non-hydrogen) atoms. The molecule has 1 N–H and O–H groups in total. The molecule has 2 aliphatic heterocycles. The Hall–Kier alpha value is -2.45. The topological polar surface area (TPSA) is 88.2 Å². The van der Waals surface area contributed by atoms with Crippen molar-refractivity contribution in [3.63, 3.8) is 0 Å². The molecule has 0 saturated carbocycles. The number of nitrogens with zero attached hydrogens (tertiary/aromatic N) is 2. The second-order valence-corrected chi connectivity index (χ2v) is 7.92. The Morgan fingerprint density at radius 2 is 2.00 bits per heavy atom. The molecule has 0 spiro atoms. The zero-order chi connectivity index (χ0) is 20.5. The third-order valence-corrected chi connectivity index (χ3v) is 4.68. The van der Waals surface area contributed by atoms with Gasteiger partial charge in [0.2, 0.25) is 5.91 Å². The first-order valence-electron chi connectivity index (χ1n) is 9.49. The lowest BCUT2D eigenvalue weighted by atomic mass is 10.1. The van der Waals surface area contributed by atoms with Crippen molar-refractivity contribution in [3.05, 3.63) is 29.8 Å². The first-order chi connectivity index (χ1) is 13.2. The zero-order valence-corrected chi connectivity index (χ0v) is 16.7. The normalized spacial score (nSPS) is 22.7. The summed E-state index contributed by atoms with van der Waals surface area (Å²) >= 11 is 0. The van der Waals surface area contributed by atoms with Crippen molar-refractivity contribution in [2.45, 2.75) is 45.4 Å². The van der Waals surface area contributed by atoms with Gasteiger partial charge in [-0.2, -0.15) is 0 Å². The maximum atomic E-state index is 13.0. The molecule has 8 nitrogen and oxygen atoms in total. The second kappa shape index (κ2) is 7.89. The highest BCUT2D eigenvalue weighted by Gasteiger charge is 2.47. The van der Waals surface area contributed by atoms with Crippen molar-refractivity contribution >= 4 is 23.5 Å². The van der Waals surface area contributed by atoms with Gasteiger partial charge in [0.25, 0.3) is 0 Å². The van der Waals surface area contributed by atoms with Gasteiger partial charge >= 0.3 is 11.9 Å². The summed E-state index contributed by atoms with van der Waals surface area (Å²) in [5, 5.41) is 3.16. The molecule has 0 aliphatic carbocycles. The summed E-state index contributed by atoms with van der Waals surface area (Å²) in [6.45, 7) is 8.64. The zero-order valence-electron chi connectivity index (χ0n) is 16.7. The summed E-state index contributed by atoms with van der Waals surface area (Å²) in [5.41, 5.74) is 0.397. The Bertz CT molecular complexity index is 773. The maximum absolute atomic E-state index is 13.0. The van der Waals surface area contributed by atoms with E-state index in [2.05, 4.69) is 5.32 Å². The molecule has 8 heteroatoms. The smallest absolute Gasteiger partial charge is 0.338 e. The van der Waals surface area contributed by atoms with Crippen LogP contribution in [0.1, 0.15) is 38.1 Å². The summed E-state index contributed by atoms with van der Waals surface area (Å²) in [4.78, 5) is 41.1. The number of piperazine rings is 1. The van der Waals surface area contributed by atoms with Gasteiger partial charge in [0.05, 0.1) is 18.8 Å². The van der Waals surface area contributed by atoms with Crippen LogP contribution in [-0.2, 0) is 19.1 Å². The maximum Gasteiger partial charge on any atom is 0.338 e. The Morgan fingerprint density at radius 3 is 2.68 bits per heavy atom. The molecule has 152 valence electrons. The van der Waals surface area contributed by atoms with Crippen molar-refractivity contribution < 1.29 is 23.9 Å². The lowest BCUT2D eigenvalue weighted by Crippen LogP contribution is -2.60. The van der Waals surface area contributed by atoms with E-state index >= 15 is 0 Å². The van der Waals surface area contributed by atoms with Crippen LogP contribution in [0.4, 0.5) is 5.69 Å². The molecular weight excluding hydrogens is 362 g/mol. The Kier molecular flexibility index (Phi) is 5.71. The lowest BCUT2D eigenvalue weighted by molar-refractivity contribution is -0.162. The fourth-order valence-electron chi connectivity index (χ4n) is 3.46. The largest absolute Gasteiger partial charge is 0.462 e. The van der Waals surface area contributed by atoms with Crippen LogP contribution in [0.25, 0.3) is 0 Å². The van der Waals surface area contributed by atoms with E-state index in [1.165, 1.54) is 0 Å². The van der Waals surface area contributed by atoms with Gasteiger partial charge in [0, 0.05) is 18.8 Å². The first-order valence-corrected chi connectivity index (χ1v) is 9.49. The number of hydrogen-bond acceptors (Lipinski definition) is 7. The van der Waals surface area contributed by atoms with E-state index in [-0.39, 0.29) is 25.2 Å². The second-order valence-electron chi connectivity index (χ2n) is 7.92. The number of benzene rings is 1. The molecule has 0 bridgehead atoms. The van der Waals surface area contributed by atoms with E-state index in [0.717, 1.165) is 0 Å². The molecule has 2 aliphatic rings. The lowest BCUT2D eigenvalue weighted by Gasteiger charge is -2.35. The van der Waals surface area contributed by atoms with Gasteiger partial charge in [0.1, 0.15) is 17.7 Å². The van der Waals surface area contributed by atoms with E-state index in [9.17, 15) is 14.4 Å². The number of fused-ring (bicyclic) bond motifs is 1. The van der Waals surface area contributed by atoms with Gasteiger partial charge in [-0.05, 0) is 45.9 Å². The predicted octanol–water partition coefficient (Wildman–Crippen LogP) is 1.15. The van der Waals surface area contributed by atoms with E-state index in [0.29, 0.717) is 24.3 Å². The Morgan fingerprint density at radius 1 is 1.25 bits per heavy atom. The quantitative estimate of drug-likeness (QED) is 0.773. The fourth-order valence-corrected chi connectivity index (χ4v) is 3.46. The molecule has 0 radical (unpaired) electrons. The van der Waals surface area contributed by atoms with Crippen LogP contribution in [-0.4, -0.2) is 66.8 Å². The molecule has 1 aromatic carbocycles. The summed E-state index contributed by atoms with van der Waals surface area (Å²) in [5.74, 6) is -0.886. The van der Waals surface area contributed by atoms with Crippen molar-refractivity contribution in [1.82, 2.24) is 10.2 Å². The third kappa shape index (κ3) is 4.18. The Balaban J connectivity index is 1.81. The molecule has 2 fully saturated rings. The van der Waals surface area contributed by atoms with Gasteiger partial charge in [-0.25, -0.2) is 4.79 Å². The summed E-state index contributed by atoms with van der Waals surface area (Å²) in [7, 11) is 0. The average molecular weight is 389 g/mol. The molecule has 2 atom stereocenters. The monoisotopic (exact) mass is 389 g/mol. The number of nitrogens with one attached hydrogen (secondary N) is 1. The highest BCUT2D eigenvalue weighted by atomic mass is 16.6. The summed E-state index contributed by atoms with van der Waals surface area (Å²) < 4.78 is 10.6. The Labute approximate surface area is 164 Å². The fraction of sp³-hybridized carbons (Fsp3) is 0.550. The minimum atomic E-state index is -0.596. The number of esters is 2. The third-order valence-electron chi connectivity index (χ3n) is 4.68. The molecule has 2 unspecified atom stereocenters. The van der Waals surface area contributed by atoms with E-state index < -0.39 is 23.7 Å². The number of carbonyl (C=O) groups is 3. The minimum absolute atomic E-state index is 0.109. The van der Waals surface area contributed by atoms with E-state index in [1.807, 2.05) is 25.7 Å². The molecule has 1 amide bonds. The van der Waals surface area contributed by atoms with Gasteiger partial charge in [0.15, 0.2) is 0 Å². The summed E-state index contributed by atoms with van der Waals surface area (Å²) in [6.07, 6.45) is 0. The molecule has 3 rings (SSSR count). The van der Waals surface area contributed by atoms with Gasteiger partial charge in [-0.1, -0.05) is 6.07 Å². The number of hydrogen-bond donors (Lipinski definition) is 1. The van der Waals surface area contributed by atoms with Crippen LogP contribution in [0.2, 0.25) is 0 Å². The van der Waals surface area contributed by atoms with Gasteiger partial charge < -0.3 is 14.8 Å². The molecular formula is C20H27N3O5. The predicted molar refractivity (Wildman–Crippen MR) is 103 cm³/mol. The highest BCUT2D eigenvalue weighted by Crippen LogP contribution is 2.28. The standard InChI is InChI=1S/C20H27N3O5/c1-5-27-18(25)13-7-6-8-14(9-13)22-12-23-15(17(22)24)10-21-11-16(23)19(26)28-20(2,3)4/h6-9,15-16,21H,5,10-12H2,1-4H3. The van der Waals surface area contributed by atoms with Crippen LogP contribution in [0.5, 0.6) is 0 Å². The number of rotatable bonds is 4. The van der Waals surface area contributed by atoms with Crippen LogP contribution in [0.15, 0.2) is 24.3 Å². The highest BCUT2D eigenvalue weighted by molar-refractivity contribution is 6.01. The number of anilines is 1. The van der Waals surface area contributed by atoms with E-state index in [4.69, 9.17) is 9.47 Å². The van der Waals surface area contributed by atoms with Crippen molar-refractivity contribution in [3.8, 4) is 0 Å². The number of ether oxygens (including phenoxy) is 2. The average Bonchev–Trinajstić information content (AvgIpc) is 2.97. The van der Waals surface area contributed by atoms with Crippen molar-refractivity contribution in [1.29, 1.82) is 0 Å². The minimum Gasteiger partial charge on any atom is -0.462 e. The molecule has 1 aromatic rings. The molecule has 0 aromatic heterocycles. The number of amides is 1. The van der Waals surface area contributed by atoms with E-state index in [1.54, 1.807) is 36.1 Å². The van der Waals surface area contributed by atoms with Crippen LogP contribution in [0, 0.1) is 0 Å². The van der Waals surface area contributed by atoms with Crippen LogP contribution in [0.3, 0.4) is 0 Å². The van der Waals surface area contributed by atoms with Crippen LogP contribution >= 0.6 is 0 Å². The van der Waals surface area contributed by atoms with Gasteiger partial charge in [-0.3, -0.25) is 19.4 Å². The number of carbonyl (C=O) groups excluding carboxylic acids is 3. The van der Waals surface area contributed by atoms with Gasteiger partial charge in [-0.15, -0.1) is 0 Å². The SMILES string of the molecule is CCOC(=O)c1cccc(N2CN3C(C(=O)OC(C)(C)C)CNCC3C2=O)c1. The molecule has 2 saturated heterocycles. The van der Waals surface area contributed by atoms with Crippen molar-refractivity contribution in [2.75, 3.05) is 31.3 Å². The van der Waals surface area contributed by atoms with Crippen molar-refractivity contribution in [2.24, 2.45) is 0 Å². The van der Waals surface area contributed by atoms with Crippen LogP contribution < -0.4 is 10.2 Å². The molecule has 2 heterocycles.